The average molecular weight is 401 g/mol. The number of para-hydroxylation sites is 1. The number of hydrogen-bond acceptors (Lipinski definition) is 4. The van der Waals surface area contributed by atoms with Gasteiger partial charge in [-0.25, -0.2) is 0 Å². The van der Waals surface area contributed by atoms with Gasteiger partial charge in [0, 0.05) is 0 Å². The van der Waals surface area contributed by atoms with Crippen molar-refractivity contribution in [3.05, 3.63) is 100 Å². The van der Waals surface area contributed by atoms with Crippen LogP contribution in [0.4, 0.5) is 4.79 Å². The summed E-state index contributed by atoms with van der Waals surface area (Å²) in [6.45, 7) is 2.27. The number of aryl methyl sites for hydroxylation is 1. The van der Waals surface area contributed by atoms with Gasteiger partial charge in [0.2, 0.25) is 0 Å². The quantitative estimate of drug-likeness (QED) is 0.490. The van der Waals surface area contributed by atoms with Gasteiger partial charge in [0.05, 0.1) is 11.4 Å². The Balaban J connectivity index is 1.52. The third-order valence-electron chi connectivity index (χ3n) is 4.43. The lowest BCUT2D eigenvalue weighted by Gasteiger charge is -2.12. The van der Waals surface area contributed by atoms with Crippen LogP contribution in [0, 0.1) is 6.92 Å². The summed E-state index contributed by atoms with van der Waals surface area (Å²) in [5, 5.41) is -0.251. The van der Waals surface area contributed by atoms with Crippen LogP contribution in [0.2, 0.25) is 0 Å². The van der Waals surface area contributed by atoms with Crippen molar-refractivity contribution in [2.75, 3.05) is 0 Å². The minimum atomic E-state index is -0.268. The molecule has 0 spiro atoms. The first-order valence-electron chi connectivity index (χ1n) is 9.22. The van der Waals surface area contributed by atoms with Crippen molar-refractivity contribution >= 4 is 29.0 Å². The van der Waals surface area contributed by atoms with E-state index in [-0.39, 0.29) is 17.7 Å². The van der Waals surface area contributed by atoms with E-state index in [4.69, 9.17) is 4.74 Å². The Morgan fingerprint density at radius 1 is 0.897 bits per heavy atom. The van der Waals surface area contributed by atoms with Gasteiger partial charge >= 0.3 is 0 Å². The van der Waals surface area contributed by atoms with Crippen LogP contribution in [-0.4, -0.2) is 16.0 Å². The average Bonchev–Trinajstić information content (AvgIpc) is 2.96. The van der Waals surface area contributed by atoms with Gasteiger partial charge in [-0.2, -0.15) is 0 Å². The standard InChI is InChI=1S/C24H19NO3S/c1-17-7-5-9-19(13-17)16-25-23(26)22(29-24(25)27)15-18-8-6-12-21(14-18)28-20-10-3-2-4-11-20/h2-15H,16H2,1H3/b22-15+. The van der Waals surface area contributed by atoms with Crippen LogP contribution in [0.25, 0.3) is 6.08 Å². The molecule has 1 saturated heterocycles. The number of amides is 2. The summed E-state index contributed by atoms with van der Waals surface area (Å²) in [5.74, 6) is 1.14. The lowest BCUT2D eigenvalue weighted by atomic mass is 10.1. The predicted octanol–water partition coefficient (Wildman–Crippen LogP) is 6.02. The molecule has 0 atom stereocenters. The SMILES string of the molecule is Cc1cccc(CN2C(=O)S/C(=C/c3cccc(Oc4ccccc4)c3)C2=O)c1. The molecule has 144 valence electrons. The molecular weight excluding hydrogens is 382 g/mol. The Kier molecular flexibility index (Phi) is 5.49. The maximum atomic E-state index is 12.8. The highest BCUT2D eigenvalue weighted by atomic mass is 32.2. The van der Waals surface area contributed by atoms with Gasteiger partial charge in [-0.05, 0) is 60.2 Å². The zero-order valence-corrected chi connectivity index (χ0v) is 16.7. The number of thioether (sulfide) groups is 1. The molecule has 0 bridgehead atoms. The molecule has 3 aromatic carbocycles. The van der Waals surface area contributed by atoms with E-state index >= 15 is 0 Å². The predicted molar refractivity (Wildman–Crippen MR) is 116 cm³/mol. The van der Waals surface area contributed by atoms with Gasteiger partial charge in [0.25, 0.3) is 11.1 Å². The molecular formula is C24H19NO3S. The number of rotatable bonds is 5. The fraction of sp³-hybridized carbons (Fsp3) is 0.0833. The van der Waals surface area contributed by atoms with E-state index in [9.17, 15) is 9.59 Å². The van der Waals surface area contributed by atoms with E-state index in [1.54, 1.807) is 6.08 Å². The van der Waals surface area contributed by atoms with E-state index < -0.39 is 0 Å². The molecule has 1 aliphatic heterocycles. The van der Waals surface area contributed by atoms with Crippen molar-refractivity contribution in [2.45, 2.75) is 13.5 Å². The van der Waals surface area contributed by atoms with Crippen LogP contribution in [0.1, 0.15) is 16.7 Å². The van der Waals surface area contributed by atoms with Gasteiger partial charge in [-0.3, -0.25) is 14.5 Å². The van der Waals surface area contributed by atoms with E-state index in [2.05, 4.69) is 0 Å². The molecule has 0 N–H and O–H groups in total. The molecule has 2 amide bonds. The maximum absolute atomic E-state index is 12.8. The third kappa shape index (κ3) is 4.58. The second-order valence-corrected chi connectivity index (χ2v) is 7.74. The van der Waals surface area contributed by atoms with Gasteiger partial charge in [-0.1, -0.05) is 60.2 Å². The number of carbonyl (C=O) groups is 2. The molecule has 1 heterocycles. The zero-order chi connectivity index (χ0) is 20.2. The van der Waals surface area contributed by atoms with Crippen LogP contribution in [-0.2, 0) is 11.3 Å². The number of ether oxygens (including phenoxy) is 1. The highest BCUT2D eigenvalue weighted by Crippen LogP contribution is 2.34. The van der Waals surface area contributed by atoms with E-state index in [0.717, 1.165) is 34.2 Å². The Morgan fingerprint density at radius 3 is 2.45 bits per heavy atom. The fourth-order valence-electron chi connectivity index (χ4n) is 3.07. The first-order chi connectivity index (χ1) is 14.1. The Labute approximate surface area is 173 Å². The molecule has 0 radical (unpaired) electrons. The van der Waals surface area contributed by atoms with Gasteiger partial charge in [0.1, 0.15) is 11.5 Å². The van der Waals surface area contributed by atoms with Crippen LogP contribution in [0.3, 0.4) is 0 Å². The number of nitrogens with zero attached hydrogens (tertiary/aromatic N) is 1. The highest BCUT2D eigenvalue weighted by molar-refractivity contribution is 8.18. The molecule has 5 heteroatoms. The second kappa shape index (κ2) is 8.37. The van der Waals surface area contributed by atoms with E-state index in [1.165, 1.54) is 4.90 Å². The summed E-state index contributed by atoms with van der Waals surface area (Å²) in [6.07, 6.45) is 1.74. The van der Waals surface area contributed by atoms with Gasteiger partial charge in [-0.15, -0.1) is 0 Å². The van der Waals surface area contributed by atoms with Crippen molar-refractivity contribution in [2.24, 2.45) is 0 Å². The minimum Gasteiger partial charge on any atom is -0.457 e. The van der Waals surface area contributed by atoms with Crippen molar-refractivity contribution in [3.63, 3.8) is 0 Å². The van der Waals surface area contributed by atoms with Crippen molar-refractivity contribution < 1.29 is 14.3 Å². The fourth-order valence-corrected chi connectivity index (χ4v) is 3.91. The Bertz CT molecular complexity index is 1090. The summed E-state index contributed by atoms with van der Waals surface area (Å²) in [7, 11) is 0. The van der Waals surface area contributed by atoms with Crippen LogP contribution < -0.4 is 4.74 Å². The highest BCUT2D eigenvalue weighted by Gasteiger charge is 2.34. The summed E-state index contributed by atoms with van der Waals surface area (Å²) >= 11 is 0.968. The first-order valence-corrected chi connectivity index (χ1v) is 10.0. The normalized spacial score (nSPS) is 15.2. The van der Waals surface area contributed by atoms with E-state index in [1.807, 2.05) is 85.8 Å². The van der Waals surface area contributed by atoms with Gasteiger partial charge < -0.3 is 4.74 Å². The molecule has 0 aromatic heterocycles. The smallest absolute Gasteiger partial charge is 0.293 e. The van der Waals surface area contributed by atoms with Crippen LogP contribution in [0.15, 0.2) is 83.8 Å². The number of imide groups is 1. The van der Waals surface area contributed by atoms with Crippen molar-refractivity contribution in [1.29, 1.82) is 0 Å². The summed E-state index contributed by atoms with van der Waals surface area (Å²) in [4.78, 5) is 26.9. The second-order valence-electron chi connectivity index (χ2n) is 6.74. The molecule has 1 aliphatic rings. The largest absolute Gasteiger partial charge is 0.457 e. The number of benzene rings is 3. The number of carbonyl (C=O) groups excluding carboxylic acids is 2. The van der Waals surface area contributed by atoms with E-state index in [0.29, 0.717) is 10.7 Å². The summed E-state index contributed by atoms with van der Waals surface area (Å²) < 4.78 is 5.84. The molecule has 4 rings (SSSR count). The molecule has 1 fully saturated rings. The van der Waals surface area contributed by atoms with Crippen molar-refractivity contribution in [3.8, 4) is 11.5 Å². The van der Waals surface area contributed by atoms with Gasteiger partial charge in [0.15, 0.2) is 0 Å². The number of hydrogen-bond donors (Lipinski definition) is 0. The molecule has 0 unspecified atom stereocenters. The Hall–Kier alpha value is -3.31. The molecule has 4 nitrogen and oxygen atoms in total. The lowest BCUT2D eigenvalue weighted by molar-refractivity contribution is -0.123. The first kappa shape index (κ1) is 19.0. The summed E-state index contributed by atoms with van der Waals surface area (Å²) in [6, 6.07) is 24.8. The topological polar surface area (TPSA) is 46.6 Å². The van der Waals surface area contributed by atoms with Crippen molar-refractivity contribution in [1.82, 2.24) is 4.90 Å². The van der Waals surface area contributed by atoms with Crippen LogP contribution in [0.5, 0.6) is 11.5 Å². The van der Waals surface area contributed by atoms with Crippen LogP contribution >= 0.6 is 11.8 Å². The monoisotopic (exact) mass is 401 g/mol. The minimum absolute atomic E-state index is 0.251. The zero-order valence-electron chi connectivity index (χ0n) is 15.9. The maximum Gasteiger partial charge on any atom is 0.293 e. The summed E-state index contributed by atoms with van der Waals surface area (Å²) in [5.41, 5.74) is 2.84. The Morgan fingerprint density at radius 2 is 1.66 bits per heavy atom. The molecule has 3 aromatic rings. The third-order valence-corrected chi connectivity index (χ3v) is 5.34. The molecule has 0 aliphatic carbocycles. The molecule has 29 heavy (non-hydrogen) atoms. The molecule has 0 saturated carbocycles. The lowest BCUT2D eigenvalue weighted by Crippen LogP contribution is -2.27.